The summed E-state index contributed by atoms with van der Waals surface area (Å²) in [5.74, 6) is 0.0379. The Morgan fingerprint density at radius 1 is 1.33 bits per heavy atom. The van der Waals surface area contributed by atoms with Gasteiger partial charge in [-0.15, -0.1) is 0 Å². The van der Waals surface area contributed by atoms with Crippen molar-refractivity contribution in [1.29, 1.82) is 5.26 Å². The molecule has 4 nitrogen and oxygen atoms in total. The molecule has 0 unspecified atom stereocenters. The van der Waals surface area contributed by atoms with E-state index < -0.39 is 0 Å². The third-order valence-corrected chi connectivity index (χ3v) is 2.81. The van der Waals surface area contributed by atoms with Gasteiger partial charge in [0.05, 0.1) is 19.0 Å². The van der Waals surface area contributed by atoms with Crippen LogP contribution < -0.4 is 4.90 Å². The van der Waals surface area contributed by atoms with Gasteiger partial charge < -0.3 is 9.80 Å². The molecule has 1 aromatic rings. The number of benzene rings is 1. The number of anilines is 1. The van der Waals surface area contributed by atoms with Gasteiger partial charge in [-0.3, -0.25) is 4.79 Å². The first-order valence-electron chi connectivity index (χ1n) is 6.10. The van der Waals surface area contributed by atoms with E-state index in [1.807, 2.05) is 48.2 Å². The van der Waals surface area contributed by atoms with Crippen LogP contribution in [0, 0.1) is 11.3 Å². The summed E-state index contributed by atoms with van der Waals surface area (Å²) in [7, 11) is 1.73. The molecule has 0 aliphatic carbocycles. The number of nitrogens with zero attached hydrogens (tertiary/aromatic N) is 3. The Bertz CT molecular complexity index is 411. The van der Waals surface area contributed by atoms with Crippen LogP contribution in [0.25, 0.3) is 0 Å². The van der Waals surface area contributed by atoms with Crippen molar-refractivity contribution in [3.05, 3.63) is 30.3 Å². The van der Waals surface area contributed by atoms with E-state index in [0.717, 1.165) is 12.2 Å². The van der Waals surface area contributed by atoms with E-state index in [1.54, 1.807) is 11.9 Å². The molecule has 0 spiro atoms. The summed E-state index contributed by atoms with van der Waals surface area (Å²) in [6.45, 7) is 3.64. The lowest BCUT2D eigenvalue weighted by Gasteiger charge is -2.25. The number of hydrogen-bond donors (Lipinski definition) is 0. The first kappa shape index (κ1) is 14.0. The molecule has 0 radical (unpaired) electrons. The summed E-state index contributed by atoms with van der Waals surface area (Å²) in [5.41, 5.74) is 1.04. The van der Waals surface area contributed by atoms with Gasteiger partial charge in [-0.05, 0) is 19.1 Å². The van der Waals surface area contributed by atoms with Crippen LogP contribution in [0.2, 0.25) is 0 Å². The predicted molar refractivity (Wildman–Crippen MR) is 72.2 cm³/mol. The number of para-hydroxylation sites is 1. The van der Waals surface area contributed by atoms with Crippen molar-refractivity contribution < 1.29 is 4.79 Å². The van der Waals surface area contributed by atoms with Gasteiger partial charge in [0.15, 0.2) is 0 Å². The fourth-order valence-electron chi connectivity index (χ4n) is 1.65. The van der Waals surface area contributed by atoms with Crippen LogP contribution in [0.15, 0.2) is 30.3 Å². The Morgan fingerprint density at radius 2 is 2.00 bits per heavy atom. The van der Waals surface area contributed by atoms with Crippen LogP contribution in [0.5, 0.6) is 0 Å². The Labute approximate surface area is 108 Å². The molecule has 0 aromatic heterocycles. The van der Waals surface area contributed by atoms with Gasteiger partial charge in [0.25, 0.3) is 0 Å². The van der Waals surface area contributed by atoms with Gasteiger partial charge in [0, 0.05) is 25.8 Å². The maximum absolute atomic E-state index is 12.0. The highest BCUT2D eigenvalue weighted by molar-refractivity contribution is 5.81. The molecular formula is C14H19N3O. The first-order valence-corrected chi connectivity index (χ1v) is 6.10. The molecule has 0 saturated carbocycles. The SMILES string of the molecule is CCN(CC(=O)N(C)CCC#N)c1ccccc1. The van der Waals surface area contributed by atoms with Crippen molar-refractivity contribution in [2.24, 2.45) is 0 Å². The van der Waals surface area contributed by atoms with Crippen LogP contribution in [-0.2, 0) is 4.79 Å². The Hall–Kier alpha value is -2.02. The van der Waals surface area contributed by atoms with E-state index in [9.17, 15) is 4.79 Å². The highest BCUT2D eigenvalue weighted by Crippen LogP contribution is 2.12. The molecule has 96 valence electrons. The number of rotatable bonds is 6. The molecule has 1 amide bonds. The van der Waals surface area contributed by atoms with Crippen LogP contribution in [0.4, 0.5) is 5.69 Å². The van der Waals surface area contributed by atoms with Crippen LogP contribution in [-0.4, -0.2) is 37.5 Å². The van der Waals surface area contributed by atoms with Gasteiger partial charge in [-0.2, -0.15) is 5.26 Å². The zero-order valence-corrected chi connectivity index (χ0v) is 11.0. The van der Waals surface area contributed by atoms with E-state index in [0.29, 0.717) is 19.5 Å². The molecule has 0 fully saturated rings. The maximum atomic E-state index is 12.0. The molecule has 4 heteroatoms. The van der Waals surface area contributed by atoms with Gasteiger partial charge in [0.1, 0.15) is 0 Å². The van der Waals surface area contributed by atoms with Gasteiger partial charge in [0.2, 0.25) is 5.91 Å². The summed E-state index contributed by atoms with van der Waals surface area (Å²) in [4.78, 5) is 15.6. The largest absolute Gasteiger partial charge is 0.362 e. The number of nitriles is 1. The molecule has 1 aromatic carbocycles. The lowest BCUT2D eigenvalue weighted by atomic mass is 10.3. The number of carbonyl (C=O) groups is 1. The standard InChI is InChI=1S/C14H19N3O/c1-3-17(13-8-5-4-6-9-13)12-14(18)16(2)11-7-10-15/h4-6,8-9H,3,7,11-12H2,1-2H3. The van der Waals surface area contributed by atoms with Crippen molar-refractivity contribution in [3.8, 4) is 6.07 Å². The average molecular weight is 245 g/mol. The minimum Gasteiger partial charge on any atom is -0.362 e. The molecule has 0 atom stereocenters. The molecular weight excluding hydrogens is 226 g/mol. The average Bonchev–Trinajstić information content (AvgIpc) is 2.42. The van der Waals surface area contributed by atoms with Gasteiger partial charge in [-0.25, -0.2) is 0 Å². The van der Waals surface area contributed by atoms with E-state index in [1.165, 1.54) is 0 Å². The monoisotopic (exact) mass is 245 g/mol. The number of amides is 1. The minimum absolute atomic E-state index is 0.0379. The Morgan fingerprint density at radius 3 is 2.56 bits per heavy atom. The number of likely N-dealkylation sites (N-methyl/N-ethyl adjacent to an activating group) is 2. The van der Waals surface area contributed by atoms with Crippen molar-refractivity contribution in [2.75, 3.05) is 31.6 Å². The summed E-state index contributed by atoms with van der Waals surface area (Å²) >= 11 is 0. The maximum Gasteiger partial charge on any atom is 0.241 e. The van der Waals surface area contributed by atoms with E-state index in [-0.39, 0.29) is 5.91 Å². The van der Waals surface area contributed by atoms with E-state index >= 15 is 0 Å². The van der Waals surface area contributed by atoms with Crippen molar-refractivity contribution in [2.45, 2.75) is 13.3 Å². The fourth-order valence-corrected chi connectivity index (χ4v) is 1.65. The third kappa shape index (κ3) is 4.10. The Balaban J connectivity index is 2.59. The topological polar surface area (TPSA) is 47.3 Å². The van der Waals surface area contributed by atoms with E-state index in [4.69, 9.17) is 5.26 Å². The molecule has 0 aliphatic heterocycles. The van der Waals surface area contributed by atoms with Crippen molar-refractivity contribution in [3.63, 3.8) is 0 Å². The number of carbonyl (C=O) groups excluding carboxylic acids is 1. The lowest BCUT2D eigenvalue weighted by molar-refractivity contribution is -0.128. The molecule has 0 saturated heterocycles. The highest BCUT2D eigenvalue weighted by Gasteiger charge is 2.13. The van der Waals surface area contributed by atoms with Gasteiger partial charge in [-0.1, -0.05) is 18.2 Å². The summed E-state index contributed by atoms with van der Waals surface area (Å²) in [5, 5.41) is 8.50. The van der Waals surface area contributed by atoms with Crippen LogP contribution in [0.1, 0.15) is 13.3 Å². The Kier molecular flexibility index (Phi) is 5.72. The third-order valence-electron chi connectivity index (χ3n) is 2.81. The van der Waals surface area contributed by atoms with Crippen molar-refractivity contribution >= 4 is 11.6 Å². The molecule has 0 aliphatic rings. The second-order valence-electron chi connectivity index (χ2n) is 4.07. The van der Waals surface area contributed by atoms with Crippen molar-refractivity contribution in [1.82, 2.24) is 4.90 Å². The smallest absolute Gasteiger partial charge is 0.241 e. The molecule has 0 heterocycles. The summed E-state index contributed by atoms with van der Waals surface area (Å²) < 4.78 is 0. The van der Waals surface area contributed by atoms with Gasteiger partial charge >= 0.3 is 0 Å². The van der Waals surface area contributed by atoms with E-state index in [2.05, 4.69) is 0 Å². The highest BCUT2D eigenvalue weighted by atomic mass is 16.2. The summed E-state index contributed by atoms with van der Waals surface area (Å²) in [6, 6.07) is 11.9. The minimum atomic E-state index is 0.0379. The van der Waals surface area contributed by atoms with Crippen LogP contribution >= 0.6 is 0 Å². The fraction of sp³-hybridized carbons (Fsp3) is 0.429. The number of hydrogen-bond acceptors (Lipinski definition) is 3. The first-order chi connectivity index (χ1) is 8.69. The predicted octanol–water partition coefficient (Wildman–Crippen LogP) is 1.88. The second kappa shape index (κ2) is 7.33. The zero-order chi connectivity index (χ0) is 13.4. The molecule has 1 rings (SSSR count). The molecule has 18 heavy (non-hydrogen) atoms. The quantitative estimate of drug-likeness (QED) is 0.769. The molecule has 0 bridgehead atoms. The zero-order valence-electron chi connectivity index (χ0n) is 11.0. The lowest BCUT2D eigenvalue weighted by Crippen LogP contribution is -2.38. The normalized spacial score (nSPS) is 9.61. The second-order valence-corrected chi connectivity index (χ2v) is 4.07. The molecule has 0 N–H and O–H groups in total. The van der Waals surface area contributed by atoms with Crippen LogP contribution in [0.3, 0.4) is 0 Å². The summed E-state index contributed by atoms with van der Waals surface area (Å²) in [6.07, 6.45) is 0.375.